The monoisotopic (exact) mass is 319 g/mol. The van der Waals surface area contributed by atoms with Crippen molar-refractivity contribution in [1.82, 2.24) is 14.8 Å². The maximum absolute atomic E-state index is 12.9. The van der Waals surface area contributed by atoms with Crippen molar-refractivity contribution in [3.63, 3.8) is 0 Å². The van der Waals surface area contributed by atoms with Crippen molar-refractivity contribution in [2.45, 2.75) is 40.5 Å². The minimum atomic E-state index is -0.0807. The Morgan fingerprint density at radius 2 is 1.65 bits per heavy atom. The zero-order chi connectivity index (χ0) is 17.1. The molecule has 1 aliphatic rings. The van der Waals surface area contributed by atoms with Crippen molar-refractivity contribution in [1.29, 1.82) is 0 Å². The van der Waals surface area contributed by atoms with E-state index in [9.17, 15) is 14.4 Å². The number of aromatic amines is 1. The molecule has 1 aromatic heterocycles. The van der Waals surface area contributed by atoms with E-state index in [1.165, 1.54) is 6.92 Å². The normalized spacial score (nSPS) is 15.5. The first kappa shape index (κ1) is 17.2. The van der Waals surface area contributed by atoms with Crippen LogP contribution in [0.25, 0.3) is 0 Å². The minimum Gasteiger partial charge on any atom is -0.354 e. The number of carbonyl (C=O) groups is 3. The van der Waals surface area contributed by atoms with Gasteiger partial charge >= 0.3 is 0 Å². The maximum atomic E-state index is 12.9. The molecule has 0 radical (unpaired) electrons. The third kappa shape index (κ3) is 3.46. The molecule has 0 unspecified atom stereocenters. The number of nitrogens with one attached hydrogen (secondary N) is 1. The summed E-state index contributed by atoms with van der Waals surface area (Å²) in [5.74, 6) is -0.0562. The molecular formula is C17H25N3O3. The standard InChI is InChI=1S/C17H25N3O3/c1-5-14-15(12(3)21)11(2)18-16(14)17(23)20-8-6-7-19(9-10-20)13(4)22/h18H,5-10H2,1-4H3. The van der Waals surface area contributed by atoms with Gasteiger partial charge in [-0.15, -0.1) is 0 Å². The highest BCUT2D eigenvalue weighted by Crippen LogP contribution is 2.22. The van der Waals surface area contributed by atoms with Crippen LogP contribution in [0, 0.1) is 6.92 Å². The van der Waals surface area contributed by atoms with Gasteiger partial charge in [-0.2, -0.15) is 0 Å². The Labute approximate surface area is 136 Å². The van der Waals surface area contributed by atoms with Crippen molar-refractivity contribution >= 4 is 17.6 Å². The number of nitrogens with zero attached hydrogens (tertiary/aromatic N) is 2. The molecule has 23 heavy (non-hydrogen) atoms. The summed E-state index contributed by atoms with van der Waals surface area (Å²) in [6.45, 7) is 9.25. The third-order valence-corrected chi connectivity index (χ3v) is 4.44. The molecule has 0 spiro atoms. The molecule has 0 atom stereocenters. The maximum Gasteiger partial charge on any atom is 0.270 e. The lowest BCUT2D eigenvalue weighted by molar-refractivity contribution is -0.128. The Morgan fingerprint density at radius 1 is 1.04 bits per heavy atom. The number of H-pyrrole nitrogens is 1. The molecule has 2 heterocycles. The van der Waals surface area contributed by atoms with Crippen LogP contribution in [0.1, 0.15) is 59.3 Å². The molecular weight excluding hydrogens is 294 g/mol. The first-order valence-electron chi connectivity index (χ1n) is 8.14. The van der Waals surface area contributed by atoms with Crippen LogP contribution >= 0.6 is 0 Å². The lowest BCUT2D eigenvalue weighted by Crippen LogP contribution is -2.37. The minimum absolute atomic E-state index is 0.0201. The van der Waals surface area contributed by atoms with Gasteiger partial charge in [0.2, 0.25) is 5.91 Å². The zero-order valence-electron chi connectivity index (χ0n) is 14.4. The van der Waals surface area contributed by atoms with Gasteiger partial charge in [0.25, 0.3) is 5.91 Å². The summed E-state index contributed by atoms with van der Waals surface area (Å²) in [6, 6.07) is 0. The average molecular weight is 319 g/mol. The number of Topliss-reactive ketones (excluding diaryl/α,β-unsaturated/α-hetero) is 1. The van der Waals surface area contributed by atoms with Crippen LogP contribution < -0.4 is 0 Å². The molecule has 1 N–H and O–H groups in total. The third-order valence-electron chi connectivity index (χ3n) is 4.44. The van der Waals surface area contributed by atoms with E-state index in [2.05, 4.69) is 4.98 Å². The zero-order valence-corrected chi connectivity index (χ0v) is 14.4. The molecule has 0 aliphatic carbocycles. The largest absolute Gasteiger partial charge is 0.354 e. The second-order valence-electron chi connectivity index (χ2n) is 6.04. The SMILES string of the molecule is CCc1c(C(=O)N2CCCN(C(C)=O)CC2)[nH]c(C)c1C(C)=O. The molecule has 126 valence electrons. The summed E-state index contributed by atoms with van der Waals surface area (Å²) >= 11 is 0. The summed E-state index contributed by atoms with van der Waals surface area (Å²) in [7, 11) is 0. The van der Waals surface area contributed by atoms with Crippen molar-refractivity contribution in [2.24, 2.45) is 0 Å². The molecule has 0 saturated carbocycles. The smallest absolute Gasteiger partial charge is 0.270 e. The van der Waals surface area contributed by atoms with Gasteiger partial charge in [0, 0.05) is 44.4 Å². The van der Waals surface area contributed by atoms with Crippen LogP contribution in [-0.4, -0.2) is 58.6 Å². The topological polar surface area (TPSA) is 73.5 Å². The van der Waals surface area contributed by atoms with Crippen LogP contribution in [-0.2, 0) is 11.2 Å². The highest BCUT2D eigenvalue weighted by molar-refractivity contribution is 6.02. The Kier molecular flexibility index (Phi) is 5.23. The Bertz CT molecular complexity index is 633. The van der Waals surface area contributed by atoms with Crippen molar-refractivity contribution in [3.05, 3.63) is 22.5 Å². The summed E-state index contributed by atoms with van der Waals surface area (Å²) in [4.78, 5) is 42.9. The Hall–Kier alpha value is -2.11. The molecule has 2 amide bonds. The number of rotatable bonds is 3. The fraction of sp³-hybridized carbons (Fsp3) is 0.588. The van der Waals surface area contributed by atoms with Gasteiger partial charge in [0.15, 0.2) is 5.78 Å². The summed E-state index contributed by atoms with van der Waals surface area (Å²) in [6.07, 6.45) is 1.40. The van der Waals surface area contributed by atoms with E-state index in [4.69, 9.17) is 0 Å². The van der Waals surface area contributed by atoms with Gasteiger partial charge in [-0.3, -0.25) is 14.4 Å². The average Bonchev–Trinajstić information content (AvgIpc) is 2.68. The van der Waals surface area contributed by atoms with Gasteiger partial charge in [0.1, 0.15) is 5.69 Å². The van der Waals surface area contributed by atoms with Gasteiger partial charge in [-0.25, -0.2) is 0 Å². The van der Waals surface area contributed by atoms with E-state index in [1.807, 2.05) is 13.8 Å². The van der Waals surface area contributed by atoms with Crippen molar-refractivity contribution in [3.8, 4) is 0 Å². The van der Waals surface area contributed by atoms with E-state index in [-0.39, 0.29) is 17.6 Å². The molecule has 2 rings (SSSR count). The fourth-order valence-corrected chi connectivity index (χ4v) is 3.28. The second-order valence-corrected chi connectivity index (χ2v) is 6.04. The van der Waals surface area contributed by atoms with E-state index < -0.39 is 0 Å². The number of hydrogen-bond donors (Lipinski definition) is 1. The molecule has 6 nitrogen and oxygen atoms in total. The fourth-order valence-electron chi connectivity index (χ4n) is 3.28. The highest BCUT2D eigenvalue weighted by Gasteiger charge is 2.27. The van der Waals surface area contributed by atoms with Gasteiger partial charge in [-0.05, 0) is 32.3 Å². The van der Waals surface area contributed by atoms with Crippen LogP contribution in [0.4, 0.5) is 0 Å². The van der Waals surface area contributed by atoms with Crippen LogP contribution in [0.2, 0.25) is 0 Å². The molecule has 0 aromatic carbocycles. The second kappa shape index (κ2) is 6.98. The number of amides is 2. The number of hydrogen-bond acceptors (Lipinski definition) is 3. The molecule has 0 bridgehead atoms. The number of ketones is 1. The lowest BCUT2D eigenvalue weighted by atomic mass is 10.0. The van der Waals surface area contributed by atoms with Gasteiger partial charge in [0.05, 0.1) is 0 Å². The molecule has 1 aliphatic heterocycles. The highest BCUT2D eigenvalue weighted by atomic mass is 16.2. The van der Waals surface area contributed by atoms with Crippen LogP contribution in [0.5, 0.6) is 0 Å². The van der Waals surface area contributed by atoms with Crippen molar-refractivity contribution in [2.75, 3.05) is 26.2 Å². The summed E-state index contributed by atoms with van der Waals surface area (Å²) < 4.78 is 0. The predicted molar refractivity (Wildman–Crippen MR) is 87.7 cm³/mol. The Balaban J connectivity index is 2.25. The van der Waals surface area contributed by atoms with E-state index in [0.29, 0.717) is 43.9 Å². The summed E-state index contributed by atoms with van der Waals surface area (Å²) in [5, 5.41) is 0. The lowest BCUT2D eigenvalue weighted by Gasteiger charge is -2.21. The number of carbonyl (C=O) groups excluding carboxylic acids is 3. The van der Waals surface area contributed by atoms with Crippen LogP contribution in [0.3, 0.4) is 0 Å². The van der Waals surface area contributed by atoms with Crippen molar-refractivity contribution < 1.29 is 14.4 Å². The van der Waals surface area contributed by atoms with Gasteiger partial charge < -0.3 is 14.8 Å². The first-order valence-corrected chi connectivity index (χ1v) is 8.14. The number of aryl methyl sites for hydroxylation is 1. The molecule has 6 heteroatoms. The van der Waals surface area contributed by atoms with E-state index >= 15 is 0 Å². The molecule has 1 fully saturated rings. The predicted octanol–water partition coefficient (Wildman–Crippen LogP) is 1.78. The Morgan fingerprint density at radius 3 is 2.22 bits per heavy atom. The summed E-state index contributed by atoms with van der Waals surface area (Å²) in [5.41, 5.74) is 2.70. The molecule has 1 saturated heterocycles. The van der Waals surface area contributed by atoms with E-state index in [0.717, 1.165) is 17.7 Å². The number of aromatic nitrogens is 1. The van der Waals surface area contributed by atoms with Gasteiger partial charge in [-0.1, -0.05) is 6.92 Å². The molecule has 1 aromatic rings. The van der Waals surface area contributed by atoms with Crippen LogP contribution in [0.15, 0.2) is 0 Å². The first-order chi connectivity index (χ1) is 10.9. The van der Waals surface area contributed by atoms with E-state index in [1.54, 1.807) is 16.7 Å². The quantitative estimate of drug-likeness (QED) is 0.863.